The lowest BCUT2D eigenvalue weighted by molar-refractivity contribution is -0.106. The summed E-state index contributed by atoms with van der Waals surface area (Å²) in [6.07, 6.45) is 1.48. The average Bonchev–Trinajstić information content (AvgIpc) is 3.09. The van der Waals surface area contributed by atoms with Gasteiger partial charge in [0.05, 0.1) is 17.7 Å². The Labute approximate surface area is 176 Å². The molecule has 1 aromatic heterocycles. The first-order valence-electron chi connectivity index (χ1n) is 8.52. The normalized spacial score (nSPS) is 27.3. The van der Waals surface area contributed by atoms with Crippen molar-refractivity contribution in [1.29, 1.82) is 0 Å². The van der Waals surface area contributed by atoms with Gasteiger partial charge in [0, 0.05) is 43.3 Å². The monoisotopic (exact) mass is 500 g/mol. The summed E-state index contributed by atoms with van der Waals surface area (Å²) < 4.78 is 7.73. The van der Waals surface area contributed by atoms with Gasteiger partial charge in [-0.15, -0.1) is 24.0 Å². The number of halogens is 3. The van der Waals surface area contributed by atoms with E-state index in [0.717, 1.165) is 31.2 Å². The van der Waals surface area contributed by atoms with Gasteiger partial charge in [-0.2, -0.15) is 0 Å². The summed E-state index contributed by atoms with van der Waals surface area (Å²) in [6, 6.07) is 2.24. The number of nitrogens with one attached hydrogen (secondary N) is 2. The lowest BCUT2D eigenvalue weighted by Crippen LogP contribution is -2.67. The van der Waals surface area contributed by atoms with Gasteiger partial charge in [-0.1, -0.05) is 37.0 Å². The molecule has 1 aliphatic carbocycles. The van der Waals surface area contributed by atoms with Gasteiger partial charge in [-0.3, -0.25) is 0 Å². The van der Waals surface area contributed by atoms with E-state index in [1.54, 1.807) is 0 Å². The van der Waals surface area contributed by atoms with Crippen LogP contribution in [0, 0.1) is 11.3 Å². The molecule has 3 unspecified atom stereocenters. The first-order valence-corrected chi connectivity index (χ1v) is 9.28. The fourth-order valence-corrected chi connectivity index (χ4v) is 4.40. The molecule has 2 N–H and O–H groups in total. The predicted octanol–water partition coefficient (Wildman–Crippen LogP) is 3.82. The van der Waals surface area contributed by atoms with Crippen molar-refractivity contribution >= 4 is 53.1 Å². The molecule has 0 aromatic carbocycles. The summed E-state index contributed by atoms with van der Waals surface area (Å²) in [7, 11) is 1.90. The van der Waals surface area contributed by atoms with Gasteiger partial charge >= 0.3 is 0 Å². The molecular weight excluding hydrogens is 474 g/mol. The first kappa shape index (κ1) is 21.1. The van der Waals surface area contributed by atoms with E-state index < -0.39 is 0 Å². The van der Waals surface area contributed by atoms with Crippen molar-refractivity contribution in [3.8, 4) is 0 Å². The molecule has 1 saturated carbocycles. The Morgan fingerprint density at radius 2 is 2.16 bits per heavy atom. The van der Waals surface area contributed by atoms with E-state index in [1.807, 2.05) is 17.7 Å². The molecule has 3 rings (SSSR count). The molecular formula is C17H27Cl2IN4O. The Kier molecular flexibility index (Phi) is 6.95. The Hall–Kier alpha value is -0.180. The van der Waals surface area contributed by atoms with Crippen molar-refractivity contribution in [2.45, 2.75) is 45.9 Å². The number of hydrogen-bond donors (Lipinski definition) is 2. The fourth-order valence-electron chi connectivity index (χ4n) is 3.99. The topological polar surface area (TPSA) is 50.6 Å². The van der Waals surface area contributed by atoms with Crippen molar-refractivity contribution in [2.24, 2.45) is 23.4 Å². The largest absolute Gasteiger partial charge is 0.377 e. The molecule has 0 radical (unpaired) electrons. The highest BCUT2D eigenvalue weighted by molar-refractivity contribution is 14.0. The summed E-state index contributed by atoms with van der Waals surface area (Å²) in [5.41, 5.74) is 1.10. The Morgan fingerprint density at radius 1 is 1.44 bits per heavy atom. The van der Waals surface area contributed by atoms with Crippen LogP contribution in [0.2, 0.25) is 10.2 Å². The highest BCUT2D eigenvalue weighted by Gasteiger charge is 2.59. The fraction of sp³-hybridized carbons (Fsp3) is 0.706. The van der Waals surface area contributed by atoms with E-state index >= 15 is 0 Å². The summed E-state index contributed by atoms with van der Waals surface area (Å²) in [5.74, 6) is 1.40. The minimum absolute atomic E-state index is 0. The number of aromatic nitrogens is 1. The van der Waals surface area contributed by atoms with Gasteiger partial charge in [0.1, 0.15) is 5.15 Å². The summed E-state index contributed by atoms with van der Waals surface area (Å²) in [6.45, 7) is 8.80. The molecule has 1 aliphatic heterocycles. The van der Waals surface area contributed by atoms with Crippen molar-refractivity contribution in [3.63, 3.8) is 0 Å². The van der Waals surface area contributed by atoms with Gasteiger partial charge in [0.25, 0.3) is 0 Å². The molecule has 0 bridgehead atoms. The molecule has 2 heterocycles. The van der Waals surface area contributed by atoms with Crippen LogP contribution in [0.5, 0.6) is 0 Å². The third kappa shape index (κ3) is 3.92. The minimum atomic E-state index is 0. The maximum Gasteiger partial charge on any atom is 0.191 e. The second-order valence-corrected chi connectivity index (χ2v) is 7.98. The first-order chi connectivity index (χ1) is 11.4. The minimum Gasteiger partial charge on any atom is -0.377 e. The van der Waals surface area contributed by atoms with Crippen molar-refractivity contribution in [3.05, 3.63) is 21.9 Å². The third-order valence-electron chi connectivity index (χ3n) is 5.35. The molecule has 0 amide bonds. The Morgan fingerprint density at radius 3 is 2.76 bits per heavy atom. The van der Waals surface area contributed by atoms with E-state index in [2.05, 4.69) is 31.4 Å². The van der Waals surface area contributed by atoms with Crippen LogP contribution in [-0.4, -0.2) is 35.8 Å². The van der Waals surface area contributed by atoms with Crippen LogP contribution in [0.1, 0.15) is 32.9 Å². The van der Waals surface area contributed by atoms with Crippen molar-refractivity contribution < 1.29 is 4.74 Å². The summed E-state index contributed by atoms with van der Waals surface area (Å²) >= 11 is 12.2. The highest BCUT2D eigenvalue weighted by Crippen LogP contribution is 2.52. The summed E-state index contributed by atoms with van der Waals surface area (Å²) in [5, 5.41) is 8.05. The van der Waals surface area contributed by atoms with Gasteiger partial charge in [0.2, 0.25) is 0 Å². The molecule has 25 heavy (non-hydrogen) atoms. The van der Waals surface area contributed by atoms with Crippen molar-refractivity contribution in [1.82, 2.24) is 15.2 Å². The van der Waals surface area contributed by atoms with Crippen LogP contribution in [0.15, 0.2) is 11.1 Å². The van der Waals surface area contributed by atoms with Crippen LogP contribution in [0.25, 0.3) is 0 Å². The van der Waals surface area contributed by atoms with Gasteiger partial charge < -0.3 is 19.9 Å². The summed E-state index contributed by atoms with van der Waals surface area (Å²) in [4.78, 5) is 4.72. The van der Waals surface area contributed by atoms with Crippen LogP contribution < -0.4 is 10.6 Å². The van der Waals surface area contributed by atoms with E-state index in [4.69, 9.17) is 32.9 Å². The van der Waals surface area contributed by atoms with Gasteiger partial charge in [0.15, 0.2) is 5.96 Å². The Balaban J connectivity index is 0.00000225. The number of rotatable bonds is 4. The zero-order chi connectivity index (χ0) is 17.5. The van der Waals surface area contributed by atoms with E-state index in [9.17, 15) is 0 Å². The molecule has 1 saturated heterocycles. The maximum atomic E-state index is 6.13. The van der Waals surface area contributed by atoms with Gasteiger partial charge in [-0.25, -0.2) is 4.99 Å². The quantitative estimate of drug-likeness (QED) is 0.375. The number of nitrogens with zero attached hydrogens (tertiary/aromatic N) is 2. The molecule has 0 spiro atoms. The predicted molar refractivity (Wildman–Crippen MR) is 114 cm³/mol. The molecule has 1 aromatic rings. The van der Waals surface area contributed by atoms with Crippen molar-refractivity contribution in [2.75, 3.05) is 13.2 Å². The average molecular weight is 501 g/mol. The zero-order valence-electron chi connectivity index (χ0n) is 15.1. The standard InChI is InChI=1S/C17H26Cl2N4O.HI/c1-5-20-16(21-9-10-8-12(18)15(19)23(10)4)22-13-11-6-7-24-14(11)17(13,2)3;/h8,11,13-14H,5-7,9H2,1-4H3,(H2,20,21,22);1H. The lowest BCUT2D eigenvalue weighted by atomic mass is 9.57. The number of ether oxygens (including phenoxy) is 1. The number of aliphatic imine (C=N–C) groups is 1. The van der Waals surface area contributed by atoms with Crippen LogP contribution in [-0.2, 0) is 18.3 Å². The molecule has 3 atom stereocenters. The number of hydrogen-bond acceptors (Lipinski definition) is 2. The molecule has 8 heteroatoms. The van der Waals surface area contributed by atoms with E-state index in [1.165, 1.54) is 0 Å². The number of fused-ring (bicyclic) bond motifs is 1. The number of guanidine groups is 1. The van der Waals surface area contributed by atoms with E-state index in [0.29, 0.717) is 34.8 Å². The van der Waals surface area contributed by atoms with Crippen LogP contribution >= 0.6 is 47.2 Å². The third-order valence-corrected chi connectivity index (χ3v) is 6.19. The smallest absolute Gasteiger partial charge is 0.191 e. The second-order valence-electron chi connectivity index (χ2n) is 7.22. The molecule has 142 valence electrons. The molecule has 2 aliphatic rings. The zero-order valence-corrected chi connectivity index (χ0v) is 18.9. The Bertz CT molecular complexity index is 647. The SMILES string of the molecule is CCNC(=NCc1cc(Cl)c(Cl)n1C)NC1C2CCOC2C1(C)C.I. The molecule has 2 fully saturated rings. The van der Waals surface area contributed by atoms with Crippen LogP contribution in [0.3, 0.4) is 0 Å². The van der Waals surface area contributed by atoms with E-state index in [-0.39, 0.29) is 29.4 Å². The second kappa shape index (κ2) is 8.23. The van der Waals surface area contributed by atoms with Gasteiger partial charge in [-0.05, 0) is 19.4 Å². The van der Waals surface area contributed by atoms with Crippen LogP contribution in [0.4, 0.5) is 0 Å². The molecule has 5 nitrogen and oxygen atoms in total. The lowest BCUT2D eigenvalue weighted by Gasteiger charge is -2.54. The highest BCUT2D eigenvalue weighted by atomic mass is 127. The maximum absolute atomic E-state index is 6.13.